The number of carbonyl (C=O) groups is 2. The number of nitrogens with one attached hydrogen (secondary N) is 1. The normalized spacial score (nSPS) is 18.4. The monoisotopic (exact) mass is 362 g/mol. The lowest BCUT2D eigenvalue weighted by Crippen LogP contribution is -2.43. The van der Waals surface area contributed by atoms with E-state index >= 15 is 0 Å². The molecule has 26 heavy (non-hydrogen) atoms. The molecule has 0 radical (unpaired) electrons. The number of nitrogens with zero attached hydrogens (tertiary/aromatic N) is 1. The summed E-state index contributed by atoms with van der Waals surface area (Å²) in [4.78, 5) is 25.1. The molecule has 1 N–H and O–H groups in total. The number of aryl methyl sites for hydroxylation is 2. The van der Waals surface area contributed by atoms with Crippen molar-refractivity contribution in [2.75, 3.05) is 13.2 Å². The van der Waals surface area contributed by atoms with E-state index in [9.17, 15) is 9.59 Å². The van der Waals surface area contributed by atoms with E-state index in [1.807, 2.05) is 26.8 Å². The lowest BCUT2D eigenvalue weighted by atomic mass is 10.1. The molecular formula is C19H26N2O5. The maximum Gasteiger partial charge on any atom is 0.355 e. The molecule has 1 aliphatic rings. The summed E-state index contributed by atoms with van der Waals surface area (Å²) in [5.41, 5.74) is 1.80. The van der Waals surface area contributed by atoms with Gasteiger partial charge in [-0.25, -0.2) is 4.79 Å². The van der Waals surface area contributed by atoms with Gasteiger partial charge in [-0.1, -0.05) is 13.8 Å². The Morgan fingerprint density at radius 2 is 2.15 bits per heavy atom. The van der Waals surface area contributed by atoms with Crippen LogP contribution in [0.2, 0.25) is 0 Å². The van der Waals surface area contributed by atoms with Crippen molar-refractivity contribution in [3.63, 3.8) is 0 Å². The van der Waals surface area contributed by atoms with Gasteiger partial charge in [-0.3, -0.25) is 4.79 Å². The zero-order chi connectivity index (χ0) is 18.8. The second-order valence-corrected chi connectivity index (χ2v) is 7.15. The van der Waals surface area contributed by atoms with Crippen LogP contribution in [-0.4, -0.2) is 41.8 Å². The van der Waals surface area contributed by atoms with Crippen LogP contribution >= 0.6 is 0 Å². The number of amides is 1. The van der Waals surface area contributed by atoms with Crippen LogP contribution in [0.1, 0.15) is 42.9 Å². The number of aromatic nitrogens is 1. The number of hydrogen-bond acceptors (Lipinski definition) is 5. The Hall–Kier alpha value is -2.28. The molecule has 3 heterocycles. The lowest BCUT2D eigenvalue weighted by Gasteiger charge is -2.21. The van der Waals surface area contributed by atoms with Gasteiger partial charge in [-0.05, 0) is 25.7 Å². The summed E-state index contributed by atoms with van der Waals surface area (Å²) < 4.78 is 18.3. The largest absolute Gasteiger partial charge is 0.460 e. The Bertz CT molecular complexity index is 798. The molecular weight excluding hydrogens is 336 g/mol. The molecule has 1 fully saturated rings. The Morgan fingerprint density at radius 1 is 1.38 bits per heavy atom. The van der Waals surface area contributed by atoms with Crippen molar-refractivity contribution in [1.82, 2.24) is 9.88 Å². The Labute approximate surface area is 152 Å². The van der Waals surface area contributed by atoms with Crippen LogP contribution in [0.4, 0.5) is 0 Å². The van der Waals surface area contributed by atoms with E-state index in [0.29, 0.717) is 17.8 Å². The first-order chi connectivity index (χ1) is 12.4. The molecule has 2 aromatic heterocycles. The van der Waals surface area contributed by atoms with Gasteiger partial charge in [-0.15, -0.1) is 0 Å². The topological polar surface area (TPSA) is 82.7 Å². The van der Waals surface area contributed by atoms with Crippen molar-refractivity contribution in [2.24, 2.45) is 13.0 Å². The van der Waals surface area contributed by atoms with Gasteiger partial charge in [0.15, 0.2) is 11.7 Å². The number of fused-ring (bicyclic) bond motifs is 1. The second-order valence-electron chi connectivity index (χ2n) is 7.15. The molecule has 0 spiro atoms. The Morgan fingerprint density at radius 3 is 2.77 bits per heavy atom. The van der Waals surface area contributed by atoms with E-state index in [4.69, 9.17) is 13.9 Å². The molecule has 1 aliphatic heterocycles. The quantitative estimate of drug-likeness (QED) is 0.799. The highest BCUT2D eigenvalue weighted by Gasteiger charge is 2.29. The SMILES string of the molecule is Cc1cc2c(cc(C(=O)O[C@@H](C(=O)NC[C@@H]3CCCO3)C(C)C)n2C)o1. The second kappa shape index (κ2) is 7.53. The fourth-order valence-corrected chi connectivity index (χ4v) is 3.22. The van der Waals surface area contributed by atoms with E-state index in [1.54, 1.807) is 17.7 Å². The van der Waals surface area contributed by atoms with Crippen molar-refractivity contribution >= 4 is 23.0 Å². The average molecular weight is 362 g/mol. The zero-order valence-corrected chi connectivity index (χ0v) is 15.7. The maximum absolute atomic E-state index is 12.6. The van der Waals surface area contributed by atoms with E-state index in [0.717, 1.165) is 30.7 Å². The van der Waals surface area contributed by atoms with Gasteiger partial charge in [0.25, 0.3) is 5.91 Å². The Kier molecular flexibility index (Phi) is 5.36. The molecule has 7 heteroatoms. The summed E-state index contributed by atoms with van der Waals surface area (Å²) >= 11 is 0. The third-order valence-electron chi connectivity index (χ3n) is 4.69. The highest BCUT2D eigenvalue weighted by Crippen LogP contribution is 2.23. The molecule has 0 aromatic carbocycles. The van der Waals surface area contributed by atoms with Crippen molar-refractivity contribution in [3.8, 4) is 0 Å². The van der Waals surface area contributed by atoms with Crippen LogP contribution < -0.4 is 5.32 Å². The molecule has 7 nitrogen and oxygen atoms in total. The first-order valence-corrected chi connectivity index (χ1v) is 9.03. The van der Waals surface area contributed by atoms with Crippen LogP contribution in [0.25, 0.3) is 11.1 Å². The molecule has 2 aromatic rings. The number of rotatable bonds is 6. The standard InChI is InChI=1S/C19H26N2O5/c1-11(2)17(18(22)20-10-13-6-5-7-24-13)26-19(23)15-9-16-14(21(15)4)8-12(3)25-16/h8-9,11,13,17H,5-7,10H2,1-4H3,(H,20,22)/t13-,17+/m0/s1. The van der Waals surface area contributed by atoms with Crippen molar-refractivity contribution in [1.29, 1.82) is 0 Å². The predicted octanol–water partition coefficient (Wildman–Crippen LogP) is 2.56. The minimum atomic E-state index is -0.855. The van der Waals surface area contributed by atoms with E-state index in [2.05, 4.69) is 5.32 Å². The zero-order valence-electron chi connectivity index (χ0n) is 15.7. The molecule has 0 aliphatic carbocycles. The fourth-order valence-electron chi connectivity index (χ4n) is 3.22. The number of hydrogen-bond donors (Lipinski definition) is 1. The highest BCUT2D eigenvalue weighted by molar-refractivity contribution is 5.95. The number of ether oxygens (including phenoxy) is 2. The summed E-state index contributed by atoms with van der Waals surface area (Å²) in [5, 5.41) is 2.84. The first-order valence-electron chi connectivity index (χ1n) is 9.03. The summed E-state index contributed by atoms with van der Waals surface area (Å²) in [6.45, 7) is 6.73. The molecule has 142 valence electrons. The average Bonchev–Trinajstić information content (AvgIpc) is 3.28. The summed E-state index contributed by atoms with van der Waals surface area (Å²) in [6.07, 6.45) is 1.14. The number of esters is 1. The molecule has 0 unspecified atom stereocenters. The summed E-state index contributed by atoms with van der Waals surface area (Å²) in [5.74, 6) is -0.201. The number of furan rings is 1. The van der Waals surface area contributed by atoms with Gasteiger partial charge in [0.1, 0.15) is 11.5 Å². The van der Waals surface area contributed by atoms with Crippen LogP contribution in [-0.2, 0) is 21.3 Å². The molecule has 0 saturated carbocycles. The molecule has 1 saturated heterocycles. The predicted molar refractivity (Wildman–Crippen MR) is 95.9 cm³/mol. The van der Waals surface area contributed by atoms with Crippen LogP contribution in [0.5, 0.6) is 0 Å². The highest BCUT2D eigenvalue weighted by atomic mass is 16.5. The maximum atomic E-state index is 12.6. The van der Waals surface area contributed by atoms with Gasteiger partial charge in [-0.2, -0.15) is 0 Å². The molecule has 2 atom stereocenters. The Balaban J connectivity index is 1.67. The minimum Gasteiger partial charge on any atom is -0.460 e. The molecule has 1 amide bonds. The van der Waals surface area contributed by atoms with Gasteiger partial charge >= 0.3 is 5.97 Å². The van der Waals surface area contributed by atoms with E-state index in [1.165, 1.54) is 0 Å². The smallest absolute Gasteiger partial charge is 0.355 e. The van der Waals surface area contributed by atoms with Crippen LogP contribution in [0.15, 0.2) is 16.5 Å². The minimum absolute atomic E-state index is 0.0467. The van der Waals surface area contributed by atoms with Crippen molar-refractivity contribution in [2.45, 2.75) is 45.8 Å². The molecule has 0 bridgehead atoms. The number of carbonyl (C=O) groups excluding carboxylic acids is 2. The van der Waals surface area contributed by atoms with E-state index in [-0.39, 0.29) is 17.9 Å². The lowest BCUT2D eigenvalue weighted by molar-refractivity contribution is -0.132. The summed E-state index contributed by atoms with van der Waals surface area (Å²) in [6, 6.07) is 3.51. The fraction of sp³-hybridized carbons (Fsp3) is 0.579. The van der Waals surface area contributed by atoms with Gasteiger partial charge < -0.3 is 23.8 Å². The van der Waals surface area contributed by atoms with Crippen molar-refractivity contribution < 1.29 is 23.5 Å². The summed E-state index contributed by atoms with van der Waals surface area (Å²) in [7, 11) is 1.77. The van der Waals surface area contributed by atoms with Gasteiger partial charge in [0.05, 0.1) is 11.6 Å². The molecule has 3 rings (SSSR count). The van der Waals surface area contributed by atoms with Gasteiger partial charge in [0.2, 0.25) is 0 Å². The van der Waals surface area contributed by atoms with E-state index < -0.39 is 12.1 Å². The van der Waals surface area contributed by atoms with Crippen LogP contribution in [0.3, 0.4) is 0 Å². The third kappa shape index (κ3) is 3.77. The van der Waals surface area contributed by atoms with Gasteiger partial charge in [0, 0.05) is 32.3 Å². The first kappa shape index (κ1) is 18.5. The third-order valence-corrected chi connectivity index (χ3v) is 4.69. The van der Waals surface area contributed by atoms with Crippen molar-refractivity contribution in [3.05, 3.63) is 23.6 Å². The van der Waals surface area contributed by atoms with Crippen LogP contribution in [0, 0.1) is 12.8 Å².